The maximum atomic E-state index is 13.0. The smallest absolute Gasteiger partial charge is 0.262 e. The van der Waals surface area contributed by atoms with Gasteiger partial charge in [-0.3, -0.25) is 4.79 Å². The predicted octanol–water partition coefficient (Wildman–Crippen LogP) is 3.16. The second kappa shape index (κ2) is 6.74. The molecule has 1 N–H and O–H groups in total. The molecule has 0 saturated carbocycles. The van der Waals surface area contributed by atoms with Crippen LogP contribution in [-0.4, -0.2) is 19.6 Å². The van der Waals surface area contributed by atoms with Crippen molar-refractivity contribution >= 4 is 11.6 Å². The molecule has 0 unspecified atom stereocenters. The number of benzene rings is 2. The normalized spacial score (nSPS) is 10.0. The number of rotatable bonds is 5. The van der Waals surface area contributed by atoms with E-state index in [1.54, 1.807) is 38.3 Å². The molecular formula is C16H16FNO3. The van der Waals surface area contributed by atoms with Crippen molar-refractivity contribution in [2.24, 2.45) is 0 Å². The van der Waals surface area contributed by atoms with Crippen molar-refractivity contribution in [1.82, 2.24) is 0 Å². The minimum absolute atomic E-state index is 0.122. The molecule has 110 valence electrons. The molecule has 1 amide bonds. The van der Waals surface area contributed by atoms with Gasteiger partial charge >= 0.3 is 0 Å². The van der Waals surface area contributed by atoms with Crippen molar-refractivity contribution in [3.8, 4) is 11.5 Å². The fourth-order valence-corrected chi connectivity index (χ4v) is 1.77. The fourth-order valence-electron chi connectivity index (χ4n) is 1.77. The standard InChI is InChI=1S/C16H16FNO3/c1-11-9-12(17)3-8-15(11)18-16(19)10-21-14-6-4-13(20-2)5-7-14/h3-9H,10H2,1-2H3,(H,18,19). The summed E-state index contributed by atoms with van der Waals surface area (Å²) in [4.78, 5) is 11.8. The first kappa shape index (κ1) is 14.8. The molecule has 0 aliphatic heterocycles. The van der Waals surface area contributed by atoms with Crippen molar-refractivity contribution in [3.63, 3.8) is 0 Å². The van der Waals surface area contributed by atoms with Crippen molar-refractivity contribution in [3.05, 3.63) is 53.8 Å². The highest BCUT2D eigenvalue weighted by Crippen LogP contribution is 2.18. The van der Waals surface area contributed by atoms with Crippen LogP contribution in [0.5, 0.6) is 11.5 Å². The Kier molecular flexibility index (Phi) is 4.77. The van der Waals surface area contributed by atoms with Gasteiger partial charge in [-0.05, 0) is 55.0 Å². The summed E-state index contributed by atoms with van der Waals surface area (Å²) < 4.78 is 23.4. The number of ether oxygens (including phenoxy) is 2. The Morgan fingerprint density at radius 3 is 2.43 bits per heavy atom. The van der Waals surface area contributed by atoms with Crippen molar-refractivity contribution < 1.29 is 18.7 Å². The zero-order valence-electron chi connectivity index (χ0n) is 11.9. The second-order valence-corrected chi connectivity index (χ2v) is 4.47. The van der Waals surface area contributed by atoms with Gasteiger partial charge in [-0.2, -0.15) is 0 Å². The van der Waals surface area contributed by atoms with Crippen LogP contribution in [0.1, 0.15) is 5.56 Å². The molecular weight excluding hydrogens is 273 g/mol. The van der Waals surface area contributed by atoms with E-state index in [1.807, 2.05) is 0 Å². The van der Waals surface area contributed by atoms with Gasteiger partial charge in [0.15, 0.2) is 6.61 Å². The number of halogens is 1. The van der Waals surface area contributed by atoms with E-state index in [1.165, 1.54) is 18.2 Å². The second-order valence-electron chi connectivity index (χ2n) is 4.47. The number of methoxy groups -OCH3 is 1. The van der Waals surface area contributed by atoms with Crippen molar-refractivity contribution in [2.45, 2.75) is 6.92 Å². The quantitative estimate of drug-likeness (QED) is 0.919. The SMILES string of the molecule is COc1ccc(OCC(=O)Nc2ccc(F)cc2C)cc1. The summed E-state index contributed by atoms with van der Waals surface area (Å²) in [6.45, 7) is 1.60. The molecule has 0 aliphatic rings. The number of hydrogen-bond acceptors (Lipinski definition) is 3. The van der Waals surface area contributed by atoms with Gasteiger partial charge in [0.05, 0.1) is 7.11 Å². The molecule has 0 heterocycles. The van der Waals surface area contributed by atoms with E-state index in [0.717, 1.165) is 0 Å². The number of anilines is 1. The highest BCUT2D eigenvalue weighted by molar-refractivity contribution is 5.92. The Bertz CT molecular complexity index is 626. The number of amides is 1. The lowest BCUT2D eigenvalue weighted by Crippen LogP contribution is -2.20. The van der Waals surface area contributed by atoms with Crippen LogP contribution >= 0.6 is 0 Å². The molecule has 0 fully saturated rings. The molecule has 2 aromatic carbocycles. The molecule has 2 rings (SSSR count). The van der Waals surface area contributed by atoms with Gasteiger partial charge in [0.25, 0.3) is 5.91 Å². The molecule has 0 aromatic heterocycles. The lowest BCUT2D eigenvalue weighted by atomic mass is 10.2. The molecule has 4 nitrogen and oxygen atoms in total. The largest absolute Gasteiger partial charge is 0.497 e. The molecule has 0 aliphatic carbocycles. The summed E-state index contributed by atoms with van der Waals surface area (Å²) in [7, 11) is 1.58. The maximum Gasteiger partial charge on any atom is 0.262 e. The number of hydrogen-bond donors (Lipinski definition) is 1. The number of aryl methyl sites for hydroxylation is 1. The predicted molar refractivity (Wildman–Crippen MR) is 78.3 cm³/mol. The van der Waals surface area contributed by atoms with Gasteiger partial charge < -0.3 is 14.8 Å². The Balaban J connectivity index is 1.89. The zero-order chi connectivity index (χ0) is 15.2. The van der Waals surface area contributed by atoms with E-state index in [2.05, 4.69) is 5.32 Å². The summed E-state index contributed by atoms with van der Waals surface area (Å²) in [5.74, 6) is 0.649. The van der Waals surface area contributed by atoms with Crippen LogP contribution in [-0.2, 0) is 4.79 Å². The van der Waals surface area contributed by atoms with Gasteiger partial charge in [0, 0.05) is 5.69 Å². The molecule has 2 aromatic rings. The van der Waals surface area contributed by atoms with E-state index in [0.29, 0.717) is 22.7 Å². The van der Waals surface area contributed by atoms with E-state index in [9.17, 15) is 9.18 Å². The molecule has 0 spiro atoms. The van der Waals surface area contributed by atoms with Gasteiger partial charge in [-0.25, -0.2) is 4.39 Å². The first-order valence-corrected chi connectivity index (χ1v) is 6.41. The van der Waals surface area contributed by atoms with Crippen molar-refractivity contribution in [2.75, 3.05) is 19.0 Å². The lowest BCUT2D eigenvalue weighted by Gasteiger charge is -2.10. The highest BCUT2D eigenvalue weighted by Gasteiger charge is 2.06. The van der Waals surface area contributed by atoms with E-state index < -0.39 is 0 Å². The van der Waals surface area contributed by atoms with Gasteiger partial charge in [-0.15, -0.1) is 0 Å². The first-order chi connectivity index (χ1) is 10.1. The van der Waals surface area contributed by atoms with E-state index in [-0.39, 0.29) is 18.3 Å². The summed E-state index contributed by atoms with van der Waals surface area (Å²) in [6, 6.07) is 11.1. The lowest BCUT2D eigenvalue weighted by molar-refractivity contribution is -0.118. The first-order valence-electron chi connectivity index (χ1n) is 6.41. The average molecular weight is 289 g/mol. The number of nitrogens with one attached hydrogen (secondary N) is 1. The Morgan fingerprint density at radius 1 is 1.14 bits per heavy atom. The molecule has 21 heavy (non-hydrogen) atoms. The Labute approximate surface area is 122 Å². The molecule has 0 saturated heterocycles. The van der Waals surface area contributed by atoms with Crippen LogP contribution in [0.15, 0.2) is 42.5 Å². The maximum absolute atomic E-state index is 13.0. The summed E-state index contributed by atoms with van der Waals surface area (Å²) in [5.41, 5.74) is 1.23. The van der Waals surface area contributed by atoms with Gasteiger partial charge in [0.1, 0.15) is 17.3 Å². The summed E-state index contributed by atoms with van der Waals surface area (Å²) >= 11 is 0. The van der Waals surface area contributed by atoms with Gasteiger partial charge in [-0.1, -0.05) is 0 Å². The van der Waals surface area contributed by atoms with E-state index in [4.69, 9.17) is 9.47 Å². The van der Waals surface area contributed by atoms with Crippen LogP contribution in [0.2, 0.25) is 0 Å². The molecule has 5 heteroatoms. The van der Waals surface area contributed by atoms with Crippen molar-refractivity contribution in [1.29, 1.82) is 0 Å². The van der Waals surface area contributed by atoms with E-state index >= 15 is 0 Å². The minimum atomic E-state index is -0.333. The molecule has 0 bridgehead atoms. The number of carbonyl (C=O) groups is 1. The Hall–Kier alpha value is -2.56. The molecule has 0 radical (unpaired) electrons. The third-order valence-corrected chi connectivity index (χ3v) is 2.89. The van der Waals surface area contributed by atoms with Crippen LogP contribution in [0.4, 0.5) is 10.1 Å². The van der Waals surface area contributed by atoms with Crippen LogP contribution in [0.25, 0.3) is 0 Å². The van der Waals surface area contributed by atoms with Crippen LogP contribution in [0.3, 0.4) is 0 Å². The third-order valence-electron chi connectivity index (χ3n) is 2.89. The Morgan fingerprint density at radius 2 is 1.81 bits per heavy atom. The topological polar surface area (TPSA) is 47.6 Å². The third kappa shape index (κ3) is 4.21. The number of carbonyl (C=O) groups excluding carboxylic acids is 1. The van der Waals surface area contributed by atoms with Crippen LogP contribution < -0.4 is 14.8 Å². The summed E-state index contributed by atoms with van der Waals surface area (Å²) in [6.07, 6.45) is 0. The zero-order valence-corrected chi connectivity index (χ0v) is 11.9. The van der Waals surface area contributed by atoms with Crippen LogP contribution in [0, 0.1) is 12.7 Å². The highest BCUT2D eigenvalue weighted by atomic mass is 19.1. The molecule has 0 atom stereocenters. The average Bonchev–Trinajstić information content (AvgIpc) is 2.48. The summed E-state index contributed by atoms with van der Waals surface area (Å²) in [5, 5.41) is 2.67. The monoisotopic (exact) mass is 289 g/mol. The fraction of sp³-hybridized carbons (Fsp3) is 0.188. The van der Waals surface area contributed by atoms with Gasteiger partial charge in [0.2, 0.25) is 0 Å². The minimum Gasteiger partial charge on any atom is -0.497 e.